The van der Waals surface area contributed by atoms with E-state index in [1.807, 2.05) is 0 Å². The first-order valence-corrected chi connectivity index (χ1v) is 7.86. The van der Waals surface area contributed by atoms with Gasteiger partial charge in [0.05, 0.1) is 0 Å². The van der Waals surface area contributed by atoms with Crippen LogP contribution in [-0.4, -0.2) is 22.9 Å². The van der Waals surface area contributed by atoms with Gasteiger partial charge in [-0.15, -0.1) is 0 Å². The van der Waals surface area contributed by atoms with E-state index in [1.54, 1.807) is 5.71 Å². The lowest BCUT2D eigenvalue weighted by molar-refractivity contribution is -0.566. The average molecular weight is 238 g/mol. The zero-order chi connectivity index (χ0) is 12.7. The molecule has 1 aliphatic carbocycles. The van der Waals surface area contributed by atoms with Crippen LogP contribution in [0.2, 0.25) is 0 Å². The molecule has 0 aromatic rings. The van der Waals surface area contributed by atoms with Crippen molar-refractivity contribution in [1.82, 2.24) is 0 Å². The highest BCUT2D eigenvalue weighted by Crippen LogP contribution is 2.25. The van der Waals surface area contributed by atoms with Gasteiger partial charge >= 0.3 is 0 Å². The molecule has 1 saturated carbocycles. The molecular formula is C16H32N+. The van der Waals surface area contributed by atoms with Crippen molar-refractivity contribution in [1.29, 1.82) is 0 Å². The second-order valence-electron chi connectivity index (χ2n) is 5.65. The Labute approximate surface area is 108 Å². The van der Waals surface area contributed by atoms with E-state index in [-0.39, 0.29) is 0 Å². The van der Waals surface area contributed by atoms with Crippen LogP contribution in [0.1, 0.15) is 79.1 Å². The van der Waals surface area contributed by atoms with Crippen LogP contribution in [0.3, 0.4) is 0 Å². The van der Waals surface area contributed by atoms with Crippen molar-refractivity contribution in [3.05, 3.63) is 0 Å². The Morgan fingerprint density at radius 3 is 2.59 bits per heavy atom. The maximum Gasteiger partial charge on any atom is 0.155 e. The second-order valence-corrected chi connectivity index (χ2v) is 5.65. The summed E-state index contributed by atoms with van der Waals surface area (Å²) in [6.45, 7) is 10.7. The van der Waals surface area contributed by atoms with Gasteiger partial charge in [-0.2, -0.15) is 0 Å². The average Bonchev–Trinajstić information content (AvgIpc) is 2.39. The van der Waals surface area contributed by atoms with Crippen LogP contribution in [-0.2, 0) is 0 Å². The molecule has 1 fully saturated rings. The van der Waals surface area contributed by atoms with Crippen LogP contribution >= 0.6 is 0 Å². The molecule has 0 N–H and O–H groups in total. The van der Waals surface area contributed by atoms with Gasteiger partial charge in [0.2, 0.25) is 0 Å². The number of nitrogens with zero attached hydrogens (tertiary/aromatic N) is 1. The summed E-state index contributed by atoms with van der Waals surface area (Å²) in [6, 6.07) is 0.740. The fourth-order valence-corrected chi connectivity index (χ4v) is 3.08. The van der Waals surface area contributed by atoms with Crippen LogP contribution < -0.4 is 0 Å². The molecule has 0 aromatic carbocycles. The van der Waals surface area contributed by atoms with E-state index in [0.717, 1.165) is 12.0 Å². The summed E-state index contributed by atoms with van der Waals surface area (Å²) in [5.41, 5.74) is 1.79. The molecule has 1 rings (SSSR count). The van der Waals surface area contributed by atoms with Crippen molar-refractivity contribution in [2.24, 2.45) is 5.92 Å². The zero-order valence-corrected chi connectivity index (χ0v) is 12.5. The molecule has 100 valence electrons. The predicted molar refractivity (Wildman–Crippen MR) is 77.0 cm³/mol. The van der Waals surface area contributed by atoms with E-state index in [4.69, 9.17) is 0 Å². The van der Waals surface area contributed by atoms with Crippen LogP contribution in [0.15, 0.2) is 0 Å². The molecule has 0 bridgehead atoms. The van der Waals surface area contributed by atoms with Gasteiger partial charge in [-0.25, -0.2) is 4.58 Å². The van der Waals surface area contributed by atoms with Crippen LogP contribution in [0.4, 0.5) is 0 Å². The molecule has 0 amide bonds. The number of rotatable bonds is 6. The van der Waals surface area contributed by atoms with Gasteiger partial charge in [-0.3, -0.25) is 0 Å². The Balaban J connectivity index is 2.87. The van der Waals surface area contributed by atoms with E-state index >= 15 is 0 Å². The first-order chi connectivity index (χ1) is 8.24. The minimum atomic E-state index is 0.740. The minimum Gasteiger partial charge on any atom is -0.234 e. The summed E-state index contributed by atoms with van der Waals surface area (Å²) >= 11 is 0. The number of unbranched alkanes of at least 4 members (excludes halogenated alkanes) is 1. The molecule has 0 saturated heterocycles. The summed E-state index contributed by atoms with van der Waals surface area (Å²) < 4.78 is 2.76. The van der Waals surface area contributed by atoms with Crippen molar-refractivity contribution < 1.29 is 4.58 Å². The van der Waals surface area contributed by atoms with Crippen LogP contribution in [0.5, 0.6) is 0 Å². The highest BCUT2D eigenvalue weighted by atomic mass is 15.0. The fraction of sp³-hybridized carbons (Fsp3) is 0.938. The van der Waals surface area contributed by atoms with E-state index < -0.39 is 0 Å². The molecule has 1 nitrogen and oxygen atoms in total. The van der Waals surface area contributed by atoms with E-state index in [9.17, 15) is 0 Å². The topological polar surface area (TPSA) is 3.01 Å². The quantitative estimate of drug-likeness (QED) is 0.593. The lowest BCUT2D eigenvalue weighted by Crippen LogP contribution is -2.36. The molecule has 17 heavy (non-hydrogen) atoms. The third-order valence-electron chi connectivity index (χ3n) is 4.44. The summed E-state index contributed by atoms with van der Waals surface area (Å²) in [5, 5.41) is 0. The van der Waals surface area contributed by atoms with Gasteiger partial charge in [-0.05, 0) is 26.2 Å². The highest BCUT2D eigenvalue weighted by molar-refractivity contribution is 5.82. The Morgan fingerprint density at radius 1 is 1.24 bits per heavy atom. The first-order valence-electron chi connectivity index (χ1n) is 7.86. The second kappa shape index (κ2) is 7.89. The van der Waals surface area contributed by atoms with Gasteiger partial charge in [0.1, 0.15) is 12.6 Å². The lowest BCUT2D eigenvalue weighted by Gasteiger charge is -2.24. The predicted octanol–water partition coefficient (Wildman–Crippen LogP) is 4.64. The molecule has 1 heteroatoms. The maximum absolute atomic E-state index is 2.76. The third-order valence-corrected chi connectivity index (χ3v) is 4.44. The summed E-state index contributed by atoms with van der Waals surface area (Å²) in [4.78, 5) is 0. The summed E-state index contributed by atoms with van der Waals surface area (Å²) in [5.74, 6) is 0.884. The monoisotopic (exact) mass is 238 g/mol. The van der Waals surface area contributed by atoms with E-state index in [0.29, 0.717) is 0 Å². The molecular weight excluding hydrogens is 206 g/mol. The summed E-state index contributed by atoms with van der Waals surface area (Å²) in [6.07, 6.45) is 11.0. The Hall–Kier alpha value is -0.330. The van der Waals surface area contributed by atoms with Gasteiger partial charge in [0, 0.05) is 25.2 Å². The molecule has 0 aliphatic heterocycles. The molecule has 0 aromatic heterocycles. The third kappa shape index (κ3) is 4.12. The molecule has 1 aliphatic rings. The lowest BCUT2D eigenvalue weighted by atomic mass is 9.84. The zero-order valence-electron chi connectivity index (χ0n) is 12.5. The maximum atomic E-state index is 2.76. The number of hydrogen-bond acceptors (Lipinski definition) is 0. The molecule has 0 radical (unpaired) electrons. The van der Waals surface area contributed by atoms with Crippen molar-refractivity contribution in [2.75, 3.05) is 6.54 Å². The summed E-state index contributed by atoms with van der Waals surface area (Å²) in [7, 11) is 0. The fourth-order valence-electron chi connectivity index (χ4n) is 3.08. The standard InChI is InChI=1S/C16H32N/c1-5-8-13-17(14(4)6-2)16-12-10-9-11-15(16)7-3/h14-15H,5-13H2,1-4H3/q+1. The molecule has 0 spiro atoms. The van der Waals surface area contributed by atoms with Crippen molar-refractivity contribution >= 4 is 5.71 Å². The Morgan fingerprint density at radius 2 is 2.00 bits per heavy atom. The van der Waals surface area contributed by atoms with Gasteiger partial charge in [0.25, 0.3) is 0 Å². The van der Waals surface area contributed by atoms with Gasteiger partial charge in [0.15, 0.2) is 5.71 Å². The van der Waals surface area contributed by atoms with Crippen LogP contribution in [0, 0.1) is 5.92 Å². The molecule has 2 atom stereocenters. The number of hydrogen-bond donors (Lipinski definition) is 0. The minimum absolute atomic E-state index is 0.740. The van der Waals surface area contributed by atoms with E-state index in [2.05, 4.69) is 32.3 Å². The van der Waals surface area contributed by atoms with Crippen molar-refractivity contribution in [2.45, 2.75) is 85.1 Å². The Kier molecular flexibility index (Phi) is 6.84. The van der Waals surface area contributed by atoms with E-state index in [1.165, 1.54) is 57.9 Å². The van der Waals surface area contributed by atoms with Crippen molar-refractivity contribution in [3.63, 3.8) is 0 Å². The molecule has 0 heterocycles. The van der Waals surface area contributed by atoms with Gasteiger partial charge in [-0.1, -0.05) is 33.6 Å². The van der Waals surface area contributed by atoms with Crippen LogP contribution in [0.25, 0.3) is 0 Å². The SMILES string of the molecule is CCCC[N+](=C1CCCCC1CC)C(C)CC. The van der Waals surface area contributed by atoms with Crippen molar-refractivity contribution in [3.8, 4) is 0 Å². The van der Waals surface area contributed by atoms with Gasteiger partial charge < -0.3 is 0 Å². The molecule has 2 unspecified atom stereocenters. The smallest absolute Gasteiger partial charge is 0.155 e. The largest absolute Gasteiger partial charge is 0.234 e. The Bertz CT molecular complexity index is 242. The normalized spacial score (nSPS) is 25.8. The first kappa shape index (κ1) is 14.7. The highest BCUT2D eigenvalue weighted by Gasteiger charge is 2.28.